The third kappa shape index (κ3) is 4.81. The zero-order valence-electron chi connectivity index (χ0n) is 11.3. The number of carbonyl (C=O) groups is 1. The van der Waals surface area contributed by atoms with Gasteiger partial charge in [-0.1, -0.05) is 31.0 Å². The molecule has 1 aromatic heterocycles. The maximum absolute atomic E-state index is 11.8. The van der Waals surface area contributed by atoms with Crippen LogP contribution in [0, 0.1) is 0 Å². The minimum Gasteiger partial charge on any atom is -0.353 e. The molecule has 1 aliphatic rings. The summed E-state index contributed by atoms with van der Waals surface area (Å²) in [6.07, 6.45) is 7.55. The number of tetrazole rings is 1. The monoisotopic (exact) mass is 283 g/mol. The second-order valence-corrected chi connectivity index (χ2v) is 6.00. The molecule has 0 aromatic carbocycles. The summed E-state index contributed by atoms with van der Waals surface area (Å²) in [4.78, 5) is 11.8. The van der Waals surface area contributed by atoms with Gasteiger partial charge in [-0.3, -0.25) is 4.79 Å². The largest absolute Gasteiger partial charge is 0.353 e. The van der Waals surface area contributed by atoms with Crippen LogP contribution in [-0.4, -0.2) is 37.9 Å². The highest BCUT2D eigenvalue weighted by molar-refractivity contribution is 7.99. The molecule has 0 radical (unpaired) electrons. The van der Waals surface area contributed by atoms with Gasteiger partial charge in [0.15, 0.2) is 0 Å². The molecule has 6 nitrogen and oxygen atoms in total. The fourth-order valence-electron chi connectivity index (χ4n) is 2.29. The van der Waals surface area contributed by atoms with E-state index >= 15 is 0 Å². The van der Waals surface area contributed by atoms with E-state index in [-0.39, 0.29) is 5.91 Å². The highest BCUT2D eigenvalue weighted by atomic mass is 32.2. The number of carbonyl (C=O) groups excluding carboxylic acids is 1. The molecule has 0 saturated heterocycles. The van der Waals surface area contributed by atoms with Crippen LogP contribution in [0.5, 0.6) is 0 Å². The number of hydrogen-bond acceptors (Lipinski definition) is 5. The van der Waals surface area contributed by atoms with Crippen LogP contribution in [0.3, 0.4) is 0 Å². The summed E-state index contributed by atoms with van der Waals surface area (Å²) < 4.78 is 1.65. The van der Waals surface area contributed by atoms with Gasteiger partial charge in [0.05, 0.1) is 0 Å². The quantitative estimate of drug-likeness (QED) is 0.633. The van der Waals surface area contributed by atoms with E-state index in [0.29, 0.717) is 12.5 Å². The van der Waals surface area contributed by atoms with Gasteiger partial charge in [0.2, 0.25) is 11.1 Å². The van der Waals surface area contributed by atoms with E-state index in [2.05, 4.69) is 20.8 Å². The Morgan fingerprint density at radius 3 is 2.89 bits per heavy atom. The normalized spacial score (nSPS) is 16.5. The summed E-state index contributed by atoms with van der Waals surface area (Å²) in [5, 5.41) is 15.2. The zero-order valence-corrected chi connectivity index (χ0v) is 12.2. The maximum Gasteiger partial charge on any atom is 0.220 e. The molecule has 0 unspecified atom stereocenters. The van der Waals surface area contributed by atoms with E-state index in [1.165, 1.54) is 19.3 Å². The Balaban J connectivity index is 1.57. The third-order valence-electron chi connectivity index (χ3n) is 3.33. The van der Waals surface area contributed by atoms with Gasteiger partial charge in [-0.15, -0.1) is 5.10 Å². The first-order valence-electron chi connectivity index (χ1n) is 6.90. The molecule has 1 saturated carbocycles. The SMILES string of the molecule is Cn1nnnc1SCCCC(=O)NC1CCCCC1. The number of hydrogen-bond donors (Lipinski definition) is 1. The van der Waals surface area contributed by atoms with Crippen LogP contribution < -0.4 is 5.32 Å². The molecule has 1 heterocycles. The van der Waals surface area contributed by atoms with E-state index in [4.69, 9.17) is 0 Å². The van der Waals surface area contributed by atoms with Gasteiger partial charge in [-0.05, 0) is 29.7 Å². The number of thioether (sulfide) groups is 1. The van der Waals surface area contributed by atoms with E-state index in [0.717, 1.165) is 30.2 Å². The number of aromatic nitrogens is 4. The molecule has 1 fully saturated rings. The molecule has 0 aliphatic heterocycles. The molecule has 106 valence electrons. The van der Waals surface area contributed by atoms with Gasteiger partial charge in [0.1, 0.15) is 0 Å². The summed E-state index contributed by atoms with van der Waals surface area (Å²) in [6.45, 7) is 0. The van der Waals surface area contributed by atoms with Crippen LogP contribution >= 0.6 is 11.8 Å². The number of rotatable bonds is 6. The highest BCUT2D eigenvalue weighted by Crippen LogP contribution is 2.18. The van der Waals surface area contributed by atoms with Crippen LogP contribution in [0.2, 0.25) is 0 Å². The first kappa shape index (κ1) is 14.3. The Bertz CT molecular complexity index is 403. The molecule has 0 atom stereocenters. The van der Waals surface area contributed by atoms with E-state index in [1.807, 2.05) is 7.05 Å². The van der Waals surface area contributed by atoms with Crippen molar-refractivity contribution in [1.82, 2.24) is 25.5 Å². The van der Waals surface area contributed by atoms with Crippen molar-refractivity contribution in [2.45, 2.75) is 56.1 Å². The van der Waals surface area contributed by atoms with Crippen LogP contribution in [0.15, 0.2) is 5.16 Å². The lowest BCUT2D eigenvalue weighted by atomic mass is 9.95. The van der Waals surface area contributed by atoms with Gasteiger partial charge in [0.25, 0.3) is 0 Å². The fraction of sp³-hybridized carbons (Fsp3) is 0.833. The topological polar surface area (TPSA) is 72.7 Å². The molecular formula is C12H21N5OS. The van der Waals surface area contributed by atoms with Crippen LogP contribution in [0.4, 0.5) is 0 Å². The summed E-state index contributed by atoms with van der Waals surface area (Å²) in [6, 6.07) is 0.414. The molecular weight excluding hydrogens is 262 g/mol. The Labute approximate surface area is 117 Å². The van der Waals surface area contributed by atoms with E-state index in [1.54, 1.807) is 16.4 Å². The first-order chi connectivity index (χ1) is 9.25. The fourth-order valence-corrected chi connectivity index (χ4v) is 3.08. The van der Waals surface area contributed by atoms with Crippen molar-refractivity contribution in [3.8, 4) is 0 Å². The molecule has 2 rings (SSSR count). The highest BCUT2D eigenvalue weighted by Gasteiger charge is 2.15. The van der Waals surface area contributed by atoms with Crippen LogP contribution in [0.1, 0.15) is 44.9 Å². The van der Waals surface area contributed by atoms with E-state index in [9.17, 15) is 4.79 Å². The van der Waals surface area contributed by atoms with Crippen LogP contribution in [-0.2, 0) is 11.8 Å². The number of amides is 1. The standard InChI is InChI=1S/C12H21N5OS/c1-17-12(14-15-16-17)19-9-5-8-11(18)13-10-6-3-2-4-7-10/h10H,2-9H2,1H3,(H,13,18). The third-order valence-corrected chi connectivity index (χ3v) is 4.43. The Kier molecular flexibility index (Phi) is 5.62. The predicted molar refractivity (Wildman–Crippen MR) is 73.8 cm³/mol. The van der Waals surface area contributed by atoms with Gasteiger partial charge < -0.3 is 5.32 Å². The number of aryl methyl sites for hydroxylation is 1. The molecule has 1 N–H and O–H groups in total. The molecule has 0 bridgehead atoms. The Hall–Kier alpha value is -1.11. The van der Waals surface area contributed by atoms with Gasteiger partial charge >= 0.3 is 0 Å². The Morgan fingerprint density at radius 1 is 1.42 bits per heavy atom. The van der Waals surface area contributed by atoms with Crippen LogP contribution in [0.25, 0.3) is 0 Å². The zero-order chi connectivity index (χ0) is 13.5. The first-order valence-corrected chi connectivity index (χ1v) is 7.89. The van der Waals surface area contributed by atoms with Crippen molar-refractivity contribution in [1.29, 1.82) is 0 Å². The number of nitrogens with zero attached hydrogens (tertiary/aromatic N) is 4. The lowest BCUT2D eigenvalue weighted by Crippen LogP contribution is -2.36. The van der Waals surface area contributed by atoms with Crippen molar-refractivity contribution >= 4 is 17.7 Å². The van der Waals surface area contributed by atoms with Gasteiger partial charge in [0, 0.05) is 25.3 Å². The molecule has 1 aliphatic carbocycles. The van der Waals surface area contributed by atoms with Gasteiger partial charge in [-0.2, -0.15) is 0 Å². The average Bonchev–Trinajstić information content (AvgIpc) is 2.81. The summed E-state index contributed by atoms with van der Waals surface area (Å²) in [5.74, 6) is 1.05. The molecule has 1 aromatic rings. The van der Waals surface area contributed by atoms with Crippen molar-refractivity contribution in [3.05, 3.63) is 0 Å². The molecule has 7 heteroatoms. The summed E-state index contributed by atoms with van der Waals surface area (Å²) in [7, 11) is 1.82. The Morgan fingerprint density at radius 2 is 2.21 bits per heavy atom. The van der Waals surface area contributed by atoms with Crippen molar-refractivity contribution in [3.63, 3.8) is 0 Å². The lowest BCUT2D eigenvalue weighted by molar-refractivity contribution is -0.122. The minimum atomic E-state index is 0.184. The average molecular weight is 283 g/mol. The van der Waals surface area contributed by atoms with Crippen molar-refractivity contribution in [2.75, 3.05) is 5.75 Å². The lowest BCUT2D eigenvalue weighted by Gasteiger charge is -2.22. The van der Waals surface area contributed by atoms with E-state index < -0.39 is 0 Å². The molecule has 19 heavy (non-hydrogen) atoms. The second kappa shape index (κ2) is 7.47. The molecule has 1 amide bonds. The smallest absolute Gasteiger partial charge is 0.220 e. The summed E-state index contributed by atoms with van der Waals surface area (Å²) in [5.41, 5.74) is 0. The summed E-state index contributed by atoms with van der Waals surface area (Å²) >= 11 is 1.59. The molecule has 0 spiro atoms. The van der Waals surface area contributed by atoms with Gasteiger partial charge in [-0.25, -0.2) is 4.68 Å². The van der Waals surface area contributed by atoms with Crippen molar-refractivity contribution < 1.29 is 4.79 Å². The maximum atomic E-state index is 11.8. The minimum absolute atomic E-state index is 0.184. The van der Waals surface area contributed by atoms with Crippen molar-refractivity contribution in [2.24, 2.45) is 7.05 Å². The predicted octanol–water partition coefficient (Wildman–Crippen LogP) is 1.53. The second-order valence-electron chi connectivity index (χ2n) is 4.94. The number of nitrogens with one attached hydrogen (secondary N) is 1.